The van der Waals surface area contributed by atoms with Crippen molar-refractivity contribution >= 4 is 11.3 Å². The number of aliphatic hydroxyl groups excluding tert-OH is 1. The molecule has 0 aliphatic heterocycles. The average molecular weight is 208 g/mol. The van der Waals surface area contributed by atoms with Crippen molar-refractivity contribution in [2.75, 3.05) is 0 Å². The quantitative estimate of drug-likeness (QED) is 0.830. The minimum absolute atomic E-state index is 0.0193. The Bertz CT molecular complexity index is 380. The van der Waals surface area contributed by atoms with E-state index in [0.29, 0.717) is 0 Å². The van der Waals surface area contributed by atoms with Crippen LogP contribution in [0.25, 0.3) is 0 Å². The normalized spacial score (nSPS) is 10.6. The lowest BCUT2D eigenvalue weighted by Gasteiger charge is -1.99. The Balaban J connectivity index is 1.92. The van der Waals surface area contributed by atoms with E-state index in [0.717, 1.165) is 18.7 Å². The number of thiophene rings is 1. The van der Waals surface area contributed by atoms with Gasteiger partial charge in [0.25, 0.3) is 0 Å². The zero-order valence-corrected chi connectivity index (χ0v) is 8.57. The van der Waals surface area contributed by atoms with E-state index in [2.05, 4.69) is 21.8 Å². The van der Waals surface area contributed by atoms with Crippen LogP contribution in [0.5, 0.6) is 0 Å². The maximum Gasteiger partial charge on any atom is 0.0950 e. The summed E-state index contributed by atoms with van der Waals surface area (Å²) in [6, 6.07) is 2.13. The monoisotopic (exact) mass is 208 g/mol. The molecular weight excluding hydrogens is 196 g/mol. The van der Waals surface area contributed by atoms with Crippen LogP contribution in [0.4, 0.5) is 0 Å². The molecule has 3 nitrogen and oxygen atoms in total. The molecule has 0 unspecified atom stereocenters. The molecule has 4 heteroatoms. The van der Waals surface area contributed by atoms with Crippen molar-refractivity contribution < 1.29 is 5.11 Å². The molecule has 2 aromatic rings. The lowest BCUT2D eigenvalue weighted by molar-refractivity contribution is 0.277. The molecule has 0 aliphatic carbocycles. The van der Waals surface area contributed by atoms with Crippen molar-refractivity contribution in [1.82, 2.24) is 9.55 Å². The van der Waals surface area contributed by atoms with Crippen molar-refractivity contribution in [2.24, 2.45) is 0 Å². The molecule has 1 N–H and O–H groups in total. The van der Waals surface area contributed by atoms with Crippen LogP contribution >= 0.6 is 11.3 Å². The molecule has 0 amide bonds. The maximum absolute atomic E-state index is 8.83. The van der Waals surface area contributed by atoms with Gasteiger partial charge in [-0.2, -0.15) is 11.3 Å². The zero-order valence-electron chi connectivity index (χ0n) is 7.76. The highest BCUT2D eigenvalue weighted by Gasteiger charge is 1.97. The molecule has 0 fully saturated rings. The van der Waals surface area contributed by atoms with E-state index < -0.39 is 0 Å². The van der Waals surface area contributed by atoms with Gasteiger partial charge in [-0.1, -0.05) is 0 Å². The van der Waals surface area contributed by atoms with Crippen LogP contribution in [0.3, 0.4) is 0 Å². The summed E-state index contributed by atoms with van der Waals surface area (Å²) in [6.07, 6.45) is 4.66. The first kappa shape index (κ1) is 9.43. The number of nitrogens with zero attached hydrogens (tertiary/aromatic N) is 2. The second-order valence-corrected chi connectivity index (χ2v) is 3.92. The molecule has 0 bridgehead atoms. The summed E-state index contributed by atoms with van der Waals surface area (Å²) in [5.74, 6) is 0. The summed E-state index contributed by atoms with van der Waals surface area (Å²) >= 11 is 1.72. The van der Waals surface area contributed by atoms with Gasteiger partial charge in [0.15, 0.2) is 0 Å². The maximum atomic E-state index is 8.83. The Morgan fingerprint density at radius 3 is 3.07 bits per heavy atom. The first-order valence-electron chi connectivity index (χ1n) is 4.51. The predicted octanol–water partition coefficient (Wildman–Crippen LogP) is 1.68. The number of imidazole rings is 1. The van der Waals surface area contributed by atoms with Crippen LogP contribution < -0.4 is 0 Å². The average Bonchev–Trinajstić information content (AvgIpc) is 2.86. The number of aromatic nitrogens is 2. The molecular formula is C10H12N2OS. The summed E-state index contributed by atoms with van der Waals surface area (Å²) in [6.45, 7) is 0.940. The topological polar surface area (TPSA) is 38.0 Å². The Morgan fingerprint density at radius 2 is 2.43 bits per heavy atom. The third kappa shape index (κ3) is 2.21. The molecule has 0 radical (unpaired) electrons. The van der Waals surface area contributed by atoms with E-state index in [1.165, 1.54) is 5.56 Å². The van der Waals surface area contributed by atoms with Crippen molar-refractivity contribution in [2.45, 2.75) is 19.6 Å². The van der Waals surface area contributed by atoms with E-state index in [-0.39, 0.29) is 6.61 Å². The van der Waals surface area contributed by atoms with Gasteiger partial charge < -0.3 is 9.67 Å². The lowest BCUT2D eigenvalue weighted by Crippen LogP contribution is -1.97. The van der Waals surface area contributed by atoms with Crippen molar-refractivity contribution in [1.29, 1.82) is 0 Å². The molecule has 0 saturated carbocycles. The van der Waals surface area contributed by atoms with Crippen LogP contribution in [-0.2, 0) is 19.6 Å². The summed E-state index contributed by atoms with van der Waals surface area (Å²) in [5.41, 5.74) is 2.09. The van der Waals surface area contributed by atoms with Gasteiger partial charge in [-0.3, -0.25) is 0 Å². The number of aryl methyl sites for hydroxylation is 2. The van der Waals surface area contributed by atoms with Gasteiger partial charge in [-0.25, -0.2) is 4.98 Å². The van der Waals surface area contributed by atoms with Gasteiger partial charge in [0.2, 0.25) is 0 Å². The molecule has 0 aromatic carbocycles. The van der Waals surface area contributed by atoms with Gasteiger partial charge in [0, 0.05) is 12.7 Å². The Labute approximate surface area is 86.7 Å². The van der Waals surface area contributed by atoms with Crippen LogP contribution in [0.2, 0.25) is 0 Å². The van der Waals surface area contributed by atoms with E-state index in [9.17, 15) is 0 Å². The van der Waals surface area contributed by atoms with E-state index in [4.69, 9.17) is 5.11 Å². The van der Waals surface area contributed by atoms with Gasteiger partial charge in [-0.05, 0) is 28.8 Å². The number of hydrogen-bond donors (Lipinski definition) is 1. The number of rotatable bonds is 4. The summed E-state index contributed by atoms with van der Waals surface area (Å²) in [4.78, 5) is 4.05. The highest BCUT2D eigenvalue weighted by atomic mass is 32.1. The summed E-state index contributed by atoms with van der Waals surface area (Å²) < 4.78 is 2.00. The Morgan fingerprint density at radius 1 is 1.50 bits per heavy atom. The van der Waals surface area contributed by atoms with Crippen LogP contribution in [0, 0.1) is 0 Å². The third-order valence-electron chi connectivity index (χ3n) is 2.09. The second-order valence-electron chi connectivity index (χ2n) is 3.14. The molecule has 2 heterocycles. The van der Waals surface area contributed by atoms with E-state index >= 15 is 0 Å². The standard InChI is InChI=1S/C10H12N2OS/c13-6-10-5-12(8-11-10)3-1-9-2-4-14-7-9/h2,4-5,7-8,13H,1,3,6H2. The fourth-order valence-electron chi connectivity index (χ4n) is 1.30. The van der Waals surface area contributed by atoms with E-state index in [1.807, 2.05) is 10.8 Å². The highest BCUT2D eigenvalue weighted by Crippen LogP contribution is 2.08. The van der Waals surface area contributed by atoms with Gasteiger partial charge in [0.1, 0.15) is 0 Å². The predicted molar refractivity (Wildman–Crippen MR) is 56.2 cm³/mol. The fourth-order valence-corrected chi connectivity index (χ4v) is 2.01. The van der Waals surface area contributed by atoms with Gasteiger partial charge in [-0.15, -0.1) is 0 Å². The van der Waals surface area contributed by atoms with Crippen LogP contribution in [0.15, 0.2) is 29.4 Å². The van der Waals surface area contributed by atoms with Gasteiger partial charge >= 0.3 is 0 Å². The van der Waals surface area contributed by atoms with Crippen LogP contribution in [0.1, 0.15) is 11.3 Å². The Kier molecular flexibility index (Phi) is 2.96. The minimum Gasteiger partial charge on any atom is -0.390 e. The summed E-state index contributed by atoms with van der Waals surface area (Å²) in [5, 5.41) is 13.1. The lowest BCUT2D eigenvalue weighted by atomic mass is 10.2. The zero-order chi connectivity index (χ0) is 9.80. The molecule has 74 valence electrons. The van der Waals surface area contributed by atoms with Crippen LogP contribution in [-0.4, -0.2) is 14.7 Å². The van der Waals surface area contributed by atoms with E-state index in [1.54, 1.807) is 17.7 Å². The molecule has 0 aliphatic rings. The SMILES string of the molecule is OCc1cn(CCc2ccsc2)cn1. The smallest absolute Gasteiger partial charge is 0.0950 e. The Hall–Kier alpha value is -1.13. The van der Waals surface area contributed by atoms with Crippen molar-refractivity contribution in [3.63, 3.8) is 0 Å². The molecule has 0 spiro atoms. The number of hydrogen-bond acceptors (Lipinski definition) is 3. The first-order valence-corrected chi connectivity index (χ1v) is 5.45. The first-order chi connectivity index (χ1) is 6.88. The molecule has 2 rings (SSSR count). The van der Waals surface area contributed by atoms with Crippen molar-refractivity contribution in [3.8, 4) is 0 Å². The summed E-state index contributed by atoms with van der Waals surface area (Å²) in [7, 11) is 0. The van der Waals surface area contributed by atoms with Crippen molar-refractivity contribution in [3.05, 3.63) is 40.6 Å². The molecule has 14 heavy (non-hydrogen) atoms. The molecule has 2 aromatic heterocycles. The number of aliphatic hydroxyl groups is 1. The molecule has 0 atom stereocenters. The largest absolute Gasteiger partial charge is 0.390 e. The second kappa shape index (κ2) is 4.39. The highest BCUT2D eigenvalue weighted by molar-refractivity contribution is 7.07. The fraction of sp³-hybridized carbons (Fsp3) is 0.300. The molecule has 0 saturated heterocycles. The third-order valence-corrected chi connectivity index (χ3v) is 2.82. The minimum atomic E-state index is 0.0193. The van der Waals surface area contributed by atoms with Gasteiger partial charge in [0.05, 0.1) is 18.6 Å².